The van der Waals surface area contributed by atoms with E-state index in [0.717, 1.165) is 4.47 Å². The fourth-order valence-corrected chi connectivity index (χ4v) is 3.14. The van der Waals surface area contributed by atoms with Crippen molar-refractivity contribution in [3.8, 4) is 17.2 Å². The number of carbonyl (C=O) groups is 1. The fraction of sp³-hybridized carbons (Fsp3) is 0.130. The highest BCUT2D eigenvalue weighted by atomic mass is 79.9. The molecular weight excluding hydrogens is 451 g/mol. The average Bonchev–Trinajstić information content (AvgIpc) is 3.13. The van der Waals surface area contributed by atoms with Gasteiger partial charge in [0.15, 0.2) is 11.2 Å². The maximum absolute atomic E-state index is 14.0. The van der Waals surface area contributed by atoms with E-state index in [0.29, 0.717) is 22.5 Å². The second kappa shape index (κ2) is 7.91. The van der Waals surface area contributed by atoms with Crippen LogP contribution in [0.2, 0.25) is 0 Å². The smallest absolute Gasteiger partial charge is 0.267 e. The van der Waals surface area contributed by atoms with Gasteiger partial charge in [-0.15, -0.1) is 0 Å². The number of ether oxygens (including phenoxy) is 1. The highest BCUT2D eigenvalue weighted by Gasteiger charge is 2.30. The molecule has 0 unspecified atom stereocenters. The summed E-state index contributed by atoms with van der Waals surface area (Å²) in [4.78, 5) is 17.1. The number of hydrogen-bond donors (Lipinski definition) is 1. The van der Waals surface area contributed by atoms with Crippen LogP contribution in [-0.2, 0) is 4.79 Å². The van der Waals surface area contributed by atoms with Crippen molar-refractivity contribution in [1.82, 2.24) is 4.98 Å². The minimum Gasteiger partial charge on any atom is -0.478 e. The maximum Gasteiger partial charge on any atom is 0.267 e. The largest absolute Gasteiger partial charge is 0.478 e. The average molecular weight is 469 g/mol. The second-order valence-electron chi connectivity index (χ2n) is 7.20. The molecule has 4 aromatic rings. The van der Waals surface area contributed by atoms with Gasteiger partial charge in [-0.25, -0.2) is 9.37 Å². The molecule has 0 saturated heterocycles. The van der Waals surface area contributed by atoms with E-state index in [1.165, 1.54) is 6.07 Å². The van der Waals surface area contributed by atoms with Crippen molar-refractivity contribution in [3.63, 3.8) is 0 Å². The first-order chi connectivity index (χ1) is 14.3. The summed E-state index contributed by atoms with van der Waals surface area (Å²) in [5, 5.41) is 2.84. The minimum absolute atomic E-state index is 0.186. The third-order valence-electron chi connectivity index (χ3n) is 4.48. The molecule has 3 aromatic carbocycles. The molecule has 30 heavy (non-hydrogen) atoms. The number of rotatable bonds is 5. The van der Waals surface area contributed by atoms with Gasteiger partial charge in [0.25, 0.3) is 5.91 Å². The number of nitrogens with one attached hydrogen (secondary N) is 1. The number of anilines is 1. The number of amides is 1. The van der Waals surface area contributed by atoms with E-state index in [1.54, 1.807) is 62.4 Å². The summed E-state index contributed by atoms with van der Waals surface area (Å²) in [6.45, 7) is 3.38. The Hall–Kier alpha value is -3.19. The van der Waals surface area contributed by atoms with Gasteiger partial charge in [-0.05, 0) is 68.4 Å². The van der Waals surface area contributed by atoms with Gasteiger partial charge >= 0.3 is 0 Å². The van der Waals surface area contributed by atoms with Gasteiger partial charge in [0.1, 0.15) is 17.1 Å². The molecule has 0 aliphatic carbocycles. The molecule has 0 fully saturated rings. The van der Waals surface area contributed by atoms with Crippen LogP contribution in [0.3, 0.4) is 0 Å². The SMILES string of the molecule is CC(C)(Oc1ccc(Br)cc1)C(=O)Nc1ccc2oc(-c3ccccc3F)nc2c1. The maximum atomic E-state index is 14.0. The molecule has 5 nitrogen and oxygen atoms in total. The van der Waals surface area contributed by atoms with Gasteiger partial charge in [-0.1, -0.05) is 28.1 Å². The Bertz CT molecular complexity index is 1220. The first-order valence-electron chi connectivity index (χ1n) is 9.23. The number of fused-ring (bicyclic) bond motifs is 1. The van der Waals surface area contributed by atoms with Crippen molar-refractivity contribution >= 4 is 38.6 Å². The Morgan fingerprint density at radius 1 is 1.10 bits per heavy atom. The molecule has 0 bridgehead atoms. The summed E-state index contributed by atoms with van der Waals surface area (Å²) in [5.74, 6) is 0.0392. The summed E-state index contributed by atoms with van der Waals surface area (Å²) < 4.78 is 26.4. The van der Waals surface area contributed by atoms with E-state index in [9.17, 15) is 9.18 Å². The van der Waals surface area contributed by atoms with E-state index in [-0.39, 0.29) is 17.4 Å². The highest BCUT2D eigenvalue weighted by Crippen LogP contribution is 2.28. The lowest BCUT2D eigenvalue weighted by atomic mass is 10.1. The van der Waals surface area contributed by atoms with Gasteiger partial charge in [-0.3, -0.25) is 4.79 Å². The van der Waals surface area contributed by atoms with Crippen molar-refractivity contribution in [1.29, 1.82) is 0 Å². The highest BCUT2D eigenvalue weighted by molar-refractivity contribution is 9.10. The van der Waals surface area contributed by atoms with Crippen molar-refractivity contribution in [3.05, 3.63) is 77.0 Å². The molecule has 0 spiro atoms. The zero-order chi connectivity index (χ0) is 21.3. The van der Waals surface area contributed by atoms with Crippen LogP contribution in [0, 0.1) is 5.82 Å². The molecule has 0 radical (unpaired) electrons. The fourth-order valence-electron chi connectivity index (χ4n) is 2.88. The van der Waals surface area contributed by atoms with Crippen molar-refractivity contribution in [2.75, 3.05) is 5.32 Å². The van der Waals surface area contributed by atoms with Gasteiger partial charge in [-0.2, -0.15) is 0 Å². The molecule has 1 amide bonds. The third kappa shape index (κ3) is 4.21. The zero-order valence-electron chi connectivity index (χ0n) is 16.3. The van der Waals surface area contributed by atoms with Crippen molar-refractivity contribution in [2.24, 2.45) is 0 Å². The molecule has 1 heterocycles. The number of benzene rings is 3. The van der Waals surface area contributed by atoms with Crippen LogP contribution < -0.4 is 10.1 Å². The molecule has 1 aromatic heterocycles. The predicted octanol–water partition coefficient (Wildman–Crippen LogP) is 6.19. The summed E-state index contributed by atoms with van der Waals surface area (Å²) in [6, 6.07) is 18.6. The number of nitrogens with zero attached hydrogens (tertiary/aromatic N) is 1. The van der Waals surface area contributed by atoms with E-state index >= 15 is 0 Å². The molecule has 4 rings (SSSR count). The van der Waals surface area contributed by atoms with Crippen LogP contribution in [0.5, 0.6) is 5.75 Å². The summed E-state index contributed by atoms with van der Waals surface area (Å²) >= 11 is 3.37. The molecule has 0 aliphatic heterocycles. The molecule has 1 N–H and O–H groups in total. The Kier molecular flexibility index (Phi) is 5.30. The van der Waals surface area contributed by atoms with Crippen LogP contribution >= 0.6 is 15.9 Å². The Labute approximate surface area is 181 Å². The number of halogens is 2. The quantitative estimate of drug-likeness (QED) is 0.379. The van der Waals surface area contributed by atoms with Gasteiger partial charge in [0, 0.05) is 10.2 Å². The third-order valence-corrected chi connectivity index (χ3v) is 5.01. The normalized spacial score (nSPS) is 11.5. The monoisotopic (exact) mass is 468 g/mol. The van der Waals surface area contributed by atoms with E-state index < -0.39 is 11.4 Å². The lowest BCUT2D eigenvalue weighted by Crippen LogP contribution is -2.42. The molecular formula is C23H18BrFN2O3. The van der Waals surface area contributed by atoms with E-state index in [4.69, 9.17) is 9.15 Å². The van der Waals surface area contributed by atoms with Crippen molar-refractivity contribution in [2.45, 2.75) is 19.4 Å². The van der Waals surface area contributed by atoms with E-state index in [1.807, 2.05) is 12.1 Å². The van der Waals surface area contributed by atoms with Crippen LogP contribution in [0.1, 0.15) is 13.8 Å². The number of hydrogen-bond acceptors (Lipinski definition) is 4. The molecule has 152 valence electrons. The molecule has 0 saturated carbocycles. The zero-order valence-corrected chi connectivity index (χ0v) is 17.9. The number of aromatic nitrogens is 1. The Morgan fingerprint density at radius 2 is 1.83 bits per heavy atom. The minimum atomic E-state index is -1.11. The predicted molar refractivity (Wildman–Crippen MR) is 117 cm³/mol. The molecule has 0 aliphatic rings. The van der Waals surface area contributed by atoms with Gasteiger partial charge in [0.05, 0.1) is 5.56 Å². The number of oxazole rings is 1. The van der Waals surface area contributed by atoms with Crippen LogP contribution in [-0.4, -0.2) is 16.5 Å². The lowest BCUT2D eigenvalue weighted by molar-refractivity contribution is -0.128. The summed E-state index contributed by atoms with van der Waals surface area (Å²) in [5.41, 5.74) is 0.719. The second-order valence-corrected chi connectivity index (χ2v) is 8.12. The molecule has 0 atom stereocenters. The Balaban J connectivity index is 1.53. The first-order valence-corrected chi connectivity index (χ1v) is 10.0. The first kappa shape index (κ1) is 20.1. The Morgan fingerprint density at radius 3 is 2.57 bits per heavy atom. The standard InChI is InChI=1S/C23H18BrFN2O3/c1-23(2,30-16-10-7-14(24)8-11-16)22(28)26-15-9-12-20-19(13-15)27-21(29-20)17-5-3-4-6-18(17)25/h3-13H,1-2H3,(H,26,28). The van der Waals surface area contributed by atoms with Gasteiger partial charge < -0.3 is 14.5 Å². The van der Waals surface area contributed by atoms with E-state index in [2.05, 4.69) is 26.2 Å². The topological polar surface area (TPSA) is 64.4 Å². The van der Waals surface area contributed by atoms with Crippen LogP contribution in [0.15, 0.2) is 75.6 Å². The lowest BCUT2D eigenvalue weighted by Gasteiger charge is -2.25. The van der Waals surface area contributed by atoms with Crippen molar-refractivity contribution < 1.29 is 18.3 Å². The summed E-state index contributed by atoms with van der Waals surface area (Å²) in [7, 11) is 0. The van der Waals surface area contributed by atoms with Crippen LogP contribution in [0.4, 0.5) is 10.1 Å². The summed E-state index contributed by atoms with van der Waals surface area (Å²) in [6.07, 6.45) is 0. The van der Waals surface area contributed by atoms with Gasteiger partial charge in [0.2, 0.25) is 5.89 Å². The number of carbonyl (C=O) groups excluding carboxylic acids is 1. The van der Waals surface area contributed by atoms with Crippen LogP contribution in [0.25, 0.3) is 22.6 Å². The molecule has 7 heteroatoms.